The van der Waals surface area contributed by atoms with Crippen molar-refractivity contribution in [2.24, 2.45) is 0 Å². The van der Waals surface area contributed by atoms with Gasteiger partial charge in [0, 0.05) is 12.8 Å². The molecule has 0 atom stereocenters. The zero-order valence-electron chi connectivity index (χ0n) is 9.22. The van der Waals surface area contributed by atoms with Crippen LogP contribution in [0.4, 0.5) is 0 Å². The quantitative estimate of drug-likeness (QED) is 0.728. The highest BCUT2D eigenvalue weighted by Crippen LogP contribution is 2.11. The highest BCUT2D eigenvalue weighted by atomic mass is 15.4. The number of hydrogen-bond donors (Lipinski definition) is 0. The maximum atomic E-state index is 5.25. The molecule has 0 fully saturated rings. The summed E-state index contributed by atoms with van der Waals surface area (Å²) in [5, 5.41) is 7.99. The summed E-state index contributed by atoms with van der Waals surface area (Å²) < 4.78 is 1.83. The Labute approximate surface area is 95.1 Å². The Hall–Kier alpha value is -2.08. The van der Waals surface area contributed by atoms with Crippen molar-refractivity contribution in [2.45, 2.75) is 19.8 Å². The number of rotatable bonds is 3. The molecule has 1 aromatic carbocycles. The highest BCUT2D eigenvalue weighted by molar-refractivity contribution is 5.34. The lowest BCUT2D eigenvalue weighted by atomic mass is 10.2. The van der Waals surface area contributed by atoms with Crippen LogP contribution in [0.3, 0.4) is 0 Å². The van der Waals surface area contributed by atoms with E-state index in [-0.39, 0.29) is 0 Å². The Morgan fingerprint density at radius 3 is 2.75 bits per heavy atom. The van der Waals surface area contributed by atoms with Crippen LogP contribution < -0.4 is 0 Å². The zero-order chi connectivity index (χ0) is 11.4. The van der Waals surface area contributed by atoms with Crippen molar-refractivity contribution in [3.05, 3.63) is 41.7 Å². The molecule has 0 aliphatic carbocycles. The fourth-order valence-electron chi connectivity index (χ4n) is 1.53. The van der Waals surface area contributed by atoms with E-state index in [0.29, 0.717) is 6.42 Å². The molecule has 0 spiro atoms. The summed E-state index contributed by atoms with van der Waals surface area (Å²) in [5.74, 6) is 2.62. The Morgan fingerprint density at radius 2 is 2.06 bits per heavy atom. The Balaban J connectivity index is 2.30. The average molecular weight is 211 g/mol. The average Bonchev–Trinajstić information content (AvgIpc) is 2.75. The van der Waals surface area contributed by atoms with Crippen LogP contribution in [0.2, 0.25) is 0 Å². The molecular formula is C13H13N3. The van der Waals surface area contributed by atoms with Gasteiger partial charge in [0.05, 0.1) is 17.6 Å². The van der Waals surface area contributed by atoms with Crippen molar-refractivity contribution in [2.75, 3.05) is 0 Å². The van der Waals surface area contributed by atoms with E-state index in [1.807, 2.05) is 16.8 Å². The third-order valence-electron chi connectivity index (χ3n) is 2.42. The largest absolute Gasteiger partial charge is 0.218 e. The first kappa shape index (κ1) is 10.4. The van der Waals surface area contributed by atoms with Gasteiger partial charge in [-0.2, -0.15) is 0 Å². The van der Waals surface area contributed by atoms with E-state index in [9.17, 15) is 0 Å². The molecule has 3 heteroatoms. The number of hydrogen-bond acceptors (Lipinski definition) is 2. The summed E-state index contributed by atoms with van der Waals surface area (Å²) in [6, 6.07) is 8.18. The van der Waals surface area contributed by atoms with Gasteiger partial charge in [0.2, 0.25) is 0 Å². The van der Waals surface area contributed by atoms with E-state index in [0.717, 1.165) is 17.8 Å². The van der Waals surface area contributed by atoms with Gasteiger partial charge in [0.15, 0.2) is 0 Å². The van der Waals surface area contributed by atoms with Gasteiger partial charge in [-0.05, 0) is 19.1 Å². The number of benzene rings is 1. The van der Waals surface area contributed by atoms with Gasteiger partial charge in [-0.15, -0.1) is 17.4 Å². The first-order valence-corrected chi connectivity index (χ1v) is 5.21. The smallest absolute Gasteiger partial charge is 0.0730 e. The first-order chi connectivity index (χ1) is 7.81. The van der Waals surface area contributed by atoms with E-state index in [4.69, 9.17) is 6.42 Å². The zero-order valence-corrected chi connectivity index (χ0v) is 9.22. The van der Waals surface area contributed by atoms with Gasteiger partial charge in [-0.1, -0.05) is 22.9 Å². The lowest BCUT2D eigenvalue weighted by Crippen LogP contribution is -2.02. The van der Waals surface area contributed by atoms with Gasteiger partial charge < -0.3 is 0 Å². The molecule has 0 bridgehead atoms. The van der Waals surface area contributed by atoms with Gasteiger partial charge in [0.25, 0.3) is 0 Å². The minimum absolute atomic E-state index is 0.708. The van der Waals surface area contributed by atoms with Crippen LogP contribution in [0, 0.1) is 19.3 Å². The van der Waals surface area contributed by atoms with E-state index in [1.54, 1.807) is 6.20 Å². The Bertz CT molecular complexity index is 503. The van der Waals surface area contributed by atoms with Crippen LogP contribution in [0.25, 0.3) is 5.69 Å². The monoisotopic (exact) mass is 211 g/mol. The lowest BCUT2D eigenvalue weighted by Gasteiger charge is -2.04. The standard InChI is InChI=1S/C13H13N3/c1-3-4-5-13-10-14-15-16(13)12-8-6-11(2)7-9-12/h1,6-10H,4-5H2,2H3. The van der Waals surface area contributed by atoms with Crippen LogP contribution in [-0.4, -0.2) is 15.0 Å². The third kappa shape index (κ3) is 2.12. The maximum absolute atomic E-state index is 5.25. The van der Waals surface area contributed by atoms with Crippen molar-refractivity contribution in [1.29, 1.82) is 0 Å². The fourth-order valence-corrected chi connectivity index (χ4v) is 1.53. The Kier molecular flexibility index (Phi) is 3.02. The summed E-state index contributed by atoms with van der Waals surface area (Å²) in [4.78, 5) is 0. The van der Waals surface area contributed by atoms with Crippen LogP contribution >= 0.6 is 0 Å². The first-order valence-electron chi connectivity index (χ1n) is 5.21. The number of aryl methyl sites for hydroxylation is 2. The van der Waals surface area contributed by atoms with Gasteiger partial charge in [0.1, 0.15) is 0 Å². The maximum Gasteiger partial charge on any atom is 0.0730 e. The molecule has 2 aromatic rings. The molecule has 0 radical (unpaired) electrons. The molecule has 1 aromatic heterocycles. The van der Waals surface area contributed by atoms with Crippen LogP contribution in [0.5, 0.6) is 0 Å². The molecule has 2 rings (SSSR count). The molecule has 0 saturated carbocycles. The van der Waals surface area contributed by atoms with E-state index in [1.165, 1.54) is 5.56 Å². The highest BCUT2D eigenvalue weighted by Gasteiger charge is 2.04. The fraction of sp³-hybridized carbons (Fsp3) is 0.231. The molecule has 0 amide bonds. The molecule has 0 saturated heterocycles. The molecule has 16 heavy (non-hydrogen) atoms. The topological polar surface area (TPSA) is 30.7 Å². The summed E-state index contributed by atoms with van der Waals surface area (Å²) in [6.07, 6.45) is 8.53. The van der Waals surface area contributed by atoms with Crippen LogP contribution in [0.1, 0.15) is 17.7 Å². The summed E-state index contributed by atoms with van der Waals surface area (Å²) in [5.41, 5.74) is 3.30. The summed E-state index contributed by atoms with van der Waals surface area (Å²) in [6.45, 7) is 2.06. The predicted molar refractivity (Wildman–Crippen MR) is 63.3 cm³/mol. The van der Waals surface area contributed by atoms with Crippen LogP contribution in [-0.2, 0) is 6.42 Å². The van der Waals surface area contributed by atoms with Crippen molar-refractivity contribution in [3.63, 3.8) is 0 Å². The summed E-state index contributed by atoms with van der Waals surface area (Å²) >= 11 is 0. The van der Waals surface area contributed by atoms with Crippen molar-refractivity contribution >= 4 is 0 Å². The van der Waals surface area contributed by atoms with Crippen molar-refractivity contribution < 1.29 is 0 Å². The second-order valence-corrected chi connectivity index (χ2v) is 3.68. The number of aromatic nitrogens is 3. The molecule has 80 valence electrons. The van der Waals surface area contributed by atoms with Gasteiger partial charge in [-0.3, -0.25) is 0 Å². The number of terminal acetylenes is 1. The Morgan fingerprint density at radius 1 is 1.31 bits per heavy atom. The van der Waals surface area contributed by atoms with E-state index >= 15 is 0 Å². The molecule has 0 N–H and O–H groups in total. The SMILES string of the molecule is C#CCCc1cnnn1-c1ccc(C)cc1. The van der Waals surface area contributed by atoms with Crippen molar-refractivity contribution in [3.8, 4) is 18.0 Å². The molecule has 3 nitrogen and oxygen atoms in total. The molecule has 0 aliphatic heterocycles. The molecular weight excluding hydrogens is 198 g/mol. The molecule has 0 unspecified atom stereocenters. The van der Waals surface area contributed by atoms with Gasteiger partial charge >= 0.3 is 0 Å². The van der Waals surface area contributed by atoms with E-state index in [2.05, 4.69) is 35.3 Å². The second kappa shape index (κ2) is 4.63. The summed E-state index contributed by atoms with van der Waals surface area (Å²) in [7, 11) is 0. The van der Waals surface area contributed by atoms with Crippen LogP contribution in [0.15, 0.2) is 30.5 Å². The molecule has 1 heterocycles. The predicted octanol–water partition coefficient (Wildman–Crippen LogP) is 2.14. The van der Waals surface area contributed by atoms with Crippen molar-refractivity contribution in [1.82, 2.24) is 15.0 Å². The van der Waals surface area contributed by atoms with Gasteiger partial charge in [-0.25, -0.2) is 4.68 Å². The minimum atomic E-state index is 0.708. The normalized spacial score (nSPS) is 10.0. The second-order valence-electron chi connectivity index (χ2n) is 3.68. The van der Waals surface area contributed by atoms with E-state index < -0.39 is 0 Å². The third-order valence-corrected chi connectivity index (χ3v) is 2.42. The molecule has 0 aliphatic rings. The lowest BCUT2D eigenvalue weighted by molar-refractivity contribution is 0.758. The number of nitrogens with zero attached hydrogens (tertiary/aromatic N) is 3. The minimum Gasteiger partial charge on any atom is -0.218 e.